The first-order valence-electron chi connectivity index (χ1n) is 5.28. The molecule has 1 aliphatic carbocycles. The number of anilines is 1. The average molecular weight is 211 g/mol. The molecule has 0 aromatic carbocycles. The van der Waals surface area contributed by atoms with Crippen LogP contribution >= 0.6 is 11.5 Å². The molecule has 0 saturated heterocycles. The van der Waals surface area contributed by atoms with Crippen LogP contribution in [-0.2, 0) is 0 Å². The van der Waals surface area contributed by atoms with E-state index in [1.54, 1.807) is 0 Å². The zero-order valence-electron chi connectivity index (χ0n) is 8.73. The third kappa shape index (κ3) is 2.44. The summed E-state index contributed by atoms with van der Waals surface area (Å²) < 4.78 is 3.85. The lowest BCUT2D eigenvalue weighted by Crippen LogP contribution is -2.29. The quantitative estimate of drug-likeness (QED) is 0.817. The monoisotopic (exact) mass is 211 g/mol. The first-order chi connectivity index (χ1) is 6.74. The highest BCUT2D eigenvalue weighted by atomic mass is 32.1. The maximum Gasteiger partial charge on any atom is 0.130 e. The second-order valence-electron chi connectivity index (χ2n) is 4.54. The molecule has 2 rings (SSSR count). The lowest BCUT2D eigenvalue weighted by Gasteiger charge is -2.31. The molecule has 1 N–H and O–H groups in total. The Morgan fingerprint density at radius 1 is 1.29 bits per heavy atom. The van der Waals surface area contributed by atoms with Crippen molar-refractivity contribution >= 4 is 16.5 Å². The van der Waals surface area contributed by atoms with E-state index in [-0.39, 0.29) is 0 Å². The smallest absolute Gasteiger partial charge is 0.130 e. The van der Waals surface area contributed by atoms with Crippen molar-refractivity contribution in [1.82, 2.24) is 9.59 Å². The van der Waals surface area contributed by atoms with Crippen LogP contribution in [0.25, 0.3) is 0 Å². The minimum atomic E-state index is 0.621. The van der Waals surface area contributed by atoms with E-state index in [0.717, 1.165) is 16.8 Å². The fourth-order valence-corrected chi connectivity index (χ4v) is 2.99. The largest absolute Gasteiger partial charge is 0.372 e. The van der Waals surface area contributed by atoms with E-state index in [0.29, 0.717) is 6.04 Å². The van der Waals surface area contributed by atoms with Crippen LogP contribution in [0.15, 0.2) is 6.20 Å². The average Bonchev–Trinajstić information content (AvgIpc) is 2.54. The first kappa shape index (κ1) is 9.90. The number of nitrogens with one attached hydrogen (secondary N) is 1. The highest BCUT2D eigenvalue weighted by molar-refractivity contribution is 7.09. The molecular weight excluding hydrogens is 194 g/mol. The molecule has 1 aromatic heterocycles. The van der Waals surface area contributed by atoms with Crippen molar-refractivity contribution < 1.29 is 0 Å². The van der Waals surface area contributed by atoms with E-state index in [1.165, 1.54) is 30.8 Å². The zero-order chi connectivity index (χ0) is 9.97. The Balaban J connectivity index is 1.91. The van der Waals surface area contributed by atoms with Crippen molar-refractivity contribution in [3.8, 4) is 0 Å². The maximum atomic E-state index is 3.85. The predicted octanol–water partition coefficient (Wildman–Crippen LogP) is 2.77. The molecular formula is C10H17N3S. The van der Waals surface area contributed by atoms with Gasteiger partial charge in [-0.1, -0.05) is 18.3 Å². The predicted molar refractivity (Wildman–Crippen MR) is 59.5 cm³/mol. The van der Waals surface area contributed by atoms with Gasteiger partial charge in [0.05, 0.1) is 6.20 Å². The van der Waals surface area contributed by atoms with E-state index in [9.17, 15) is 0 Å². The fourth-order valence-electron chi connectivity index (χ4n) is 2.50. The van der Waals surface area contributed by atoms with Crippen LogP contribution < -0.4 is 5.32 Å². The number of hydrogen-bond donors (Lipinski definition) is 1. The van der Waals surface area contributed by atoms with Crippen LogP contribution in [0, 0.1) is 11.8 Å². The summed E-state index contributed by atoms with van der Waals surface area (Å²) in [5.41, 5.74) is 0. The molecule has 4 heteroatoms. The summed E-state index contributed by atoms with van der Waals surface area (Å²) in [7, 11) is 0. The van der Waals surface area contributed by atoms with Gasteiger partial charge in [0.25, 0.3) is 0 Å². The summed E-state index contributed by atoms with van der Waals surface area (Å²) in [6.07, 6.45) is 5.75. The molecule has 78 valence electrons. The van der Waals surface area contributed by atoms with Crippen molar-refractivity contribution in [2.24, 2.45) is 11.8 Å². The van der Waals surface area contributed by atoms with Gasteiger partial charge >= 0.3 is 0 Å². The summed E-state index contributed by atoms with van der Waals surface area (Å²) in [5.74, 6) is 1.69. The van der Waals surface area contributed by atoms with Gasteiger partial charge < -0.3 is 5.32 Å². The molecule has 3 nitrogen and oxygen atoms in total. The maximum absolute atomic E-state index is 3.85. The van der Waals surface area contributed by atoms with Crippen LogP contribution in [0.2, 0.25) is 0 Å². The molecule has 0 aliphatic heterocycles. The summed E-state index contributed by atoms with van der Waals surface area (Å²) in [4.78, 5) is 0. The Morgan fingerprint density at radius 2 is 2.00 bits per heavy atom. The second kappa shape index (κ2) is 4.26. The van der Waals surface area contributed by atoms with Crippen molar-refractivity contribution in [1.29, 1.82) is 0 Å². The lowest BCUT2D eigenvalue weighted by molar-refractivity contribution is 0.281. The summed E-state index contributed by atoms with van der Waals surface area (Å²) in [6.45, 7) is 4.69. The fraction of sp³-hybridized carbons (Fsp3) is 0.800. The van der Waals surface area contributed by atoms with Gasteiger partial charge in [-0.3, -0.25) is 0 Å². The Kier molecular flexibility index (Phi) is 3.01. The first-order valence-corrected chi connectivity index (χ1v) is 6.05. The molecule has 1 aromatic rings. The minimum Gasteiger partial charge on any atom is -0.372 e. The molecule has 2 atom stereocenters. The highest BCUT2D eigenvalue weighted by Crippen LogP contribution is 2.30. The number of rotatable bonds is 2. The normalized spacial score (nSPS) is 32.9. The van der Waals surface area contributed by atoms with Crippen molar-refractivity contribution in [2.75, 3.05) is 5.32 Å². The molecule has 1 fully saturated rings. The van der Waals surface area contributed by atoms with Gasteiger partial charge in [-0.2, -0.15) is 0 Å². The molecule has 0 radical (unpaired) electrons. The van der Waals surface area contributed by atoms with Gasteiger partial charge in [0.2, 0.25) is 0 Å². The second-order valence-corrected chi connectivity index (χ2v) is 5.33. The van der Waals surface area contributed by atoms with Gasteiger partial charge in [0.15, 0.2) is 0 Å². The SMILES string of the molecule is CC1CC(C)CC(Nc2cnns2)C1. The highest BCUT2D eigenvalue weighted by Gasteiger charge is 2.23. The van der Waals surface area contributed by atoms with Crippen LogP contribution in [0.4, 0.5) is 5.00 Å². The minimum absolute atomic E-state index is 0.621. The van der Waals surface area contributed by atoms with E-state index in [2.05, 4.69) is 28.8 Å². The zero-order valence-corrected chi connectivity index (χ0v) is 9.55. The van der Waals surface area contributed by atoms with Gasteiger partial charge in [-0.25, -0.2) is 0 Å². The molecule has 1 aliphatic rings. The van der Waals surface area contributed by atoms with Crippen LogP contribution in [-0.4, -0.2) is 15.6 Å². The summed E-state index contributed by atoms with van der Waals surface area (Å²) in [5, 5.41) is 8.45. The van der Waals surface area contributed by atoms with E-state index < -0.39 is 0 Å². The van der Waals surface area contributed by atoms with Crippen LogP contribution in [0.1, 0.15) is 33.1 Å². The number of aromatic nitrogens is 2. The molecule has 0 spiro atoms. The van der Waals surface area contributed by atoms with Gasteiger partial charge in [-0.15, -0.1) is 5.10 Å². The van der Waals surface area contributed by atoms with Gasteiger partial charge in [0, 0.05) is 17.6 Å². The number of hydrogen-bond acceptors (Lipinski definition) is 4. The van der Waals surface area contributed by atoms with E-state index in [1.807, 2.05) is 6.20 Å². The Hall–Kier alpha value is -0.640. The lowest BCUT2D eigenvalue weighted by atomic mass is 9.80. The molecule has 14 heavy (non-hydrogen) atoms. The van der Waals surface area contributed by atoms with Crippen molar-refractivity contribution in [3.63, 3.8) is 0 Å². The summed E-state index contributed by atoms with van der Waals surface area (Å²) >= 11 is 1.45. The topological polar surface area (TPSA) is 37.8 Å². The van der Waals surface area contributed by atoms with Crippen molar-refractivity contribution in [3.05, 3.63) is 6.20 Å². The Labute approximate surface area is 89.1 Å². The van der Waals surface area contributed by atoms with Crippen LogP contribution in [0.3, 0.4) is 0 Å². The Morgan fingerprint density at radius 3 is 2.57 bits per heavy atom. The van der Waals surface area contributed by atoms with E-state index in [4.69, 9.17) is 0 Å². The summed E-state index contributed by atoms with van der Waals surface area (Å²) in [6, 6.07) is 0.621. The van der Waals surface area contributed by atoms with E-state index >= 15 is 0 Å². The standard InChI is InChI=1S/C10H17N3S/c1-7-3-8(2)5-9(4-7)12-10-6-11-13-14-10/h6-9,12H,3-5H2,1-2H3. The molecule has 1 saturated carbocycles. The molecule has 0 amide bonds. The molecule has 0 bridgehead atoms. The number of nitrogens with zero attached hydrogens (tertiary/aromatic N) is 2. The molecule has 1 heterocycles. The van der Waals surface area contributed by atoms with Crippen LogP contribution in [0.5, 0.6) is 0 Å². The third-order valence-electron chi connectivity index (χ3n) is 2.89. The molecule has 2 unspecified atom stereocenters. The Bertz CT molecular complexity index is 263. The van der Waals surface area contributed by atoms with Gasteiger partial charge in [0.1, 0.15) is 5.00 Å². The van der Waals surface area contributed by atoms with Crippen molar-refractivity contribution in [2.45, 2.75) is 39.2 Å². The van der Waals surface area contributed by atoms with Gasteiger partial charge in [-0.05, 0) is 31.1 Å². The third-order valence-corrected chi connectivity index (χ3v) is 3.48.